The molecule has 2 aromatic rings. The van der Waals surface area contributed by atoms with Crippen LogP contribution in [0.2, 0.25) is 0 Å². The van der Waals surface area contributed by atoms with Crippen LogP contribution in [-0.4, -0.2) is 48.9 Å². The number of hydrogen-bond donors (Lipinski definition) is 4. The van der Waals surface area contributed by atoms with Gasteiger partial charge in [0, 0.05) is 50.1 Å². The summed E-state index contributed by atoms with van der Waals surface area (Å²) in [6.07, 6.45) is 3.58. The van der Waals surface area contributed by atoms with Crippen molar-refractivity contribution >= 4 is 47.4 Å². The number of nitrogens with one attached hydrogen (secondary N) is 4. The third-order valence-corrected chi connectivity index (χ3v) is 4.55. The van der Waals surface area contributed by atoms with Crippen molar-refractivity contribution in [2.45, 2.75) is 19.3 Å². The van der Waals surface area contributed by atoms with Crippen LogP contribution in [0.5, 0.6) is 0 Å². The molecule has 2 amide bonds. The molecule has 2 heterocycles. The van der Waals surface area contributed by atoms with Crippen LogP contribution in [-0.2, 0) is 4.79 Å². The van der Waals surface area contributed by atoms with E-state index >= 15 is 0 Å². The number of carbonyl (C=O) groups excluding carboxylic acids is 2. The molecular weight excluding hydrogens is 495 g/mol. The molecule has 0 bridgehead atoms. The fourth-order valence-electron chi connectivity index (χ4n) is 3.16. The second kappa shape index (κ2) is 12.1. The van der Waals surface area contributed by atoms with Crippen LogP contribution in [0.3, 0.4) is 0 Å². The molecule has 9 heteroatoms. The molecule has 0 radical (unpaired) electrons. The molecule has 3 rings (SSSR count). The van der Waals surface area contributed by atoms with Crippen LogP contribution in [0, 0.1) is 0 Å². The van der Waals surface area contributed by atoms with E-state index in [0.717, 1.165) is 17.8 Å². The smallest absolute Gasteiger partial charge is 0.252 e. The minimum absolute atomic E-state index is 0. The van der Waals surface area contributed by atoms with Crippen LogP contribution in [0.25, 0.3) is 0 Å². The van der Waals surface area contributed by atoms with Crippen molar-refractivity contribution in [3.8, 4) is 0 Å². The zero-order valence-corrected chi connectivity index (χ0v) is 19.2. The molecule has 8 nitrogen and oxygen atoms in total. The second-order valence-corrected chi connectivity index (χ2v) is 6.68. The van der Waals surface area contributed by atoms with Gasteiger partial charge in [-0.2, -0.15) is 0 Å². The number of carbonyl (C=O) groups is 2. The fourth-order valence-corrected chi connectivity index (χ4v) is 3.16. The highest BCUT2D eigenvalue weighted by Crippen LogP contribution is 2.31. The second-order valence-electron chi connectivity index (χ2n) is 6.68. The fraction of sp³-hybridized carbons (Fsp3) is 0.333. The van der Waals surface area contributed by atoms with E-state index in [4.69, 9.17) is 0 Å². The molecule has 0 spiro atoms. The number of para-hydroxylation sites is 1. The summed E-state index contributed by atoms with van der Waals surface area (Å²) >= 11 is 0. The van der Waals surface area contributed by atoms with E-state index in [1.165, 1.54) is 6.20 Å². The highest BCUT2D eigenvalue weighted by Gasteiger charge is 2.24. The van der Waals surface area contributed by atoms with Gasteiger partial charge in [0.05, 0.1) is 12.1 Å². The number of aliphatic imine (C=N–C) groups is 1. The van der Waals surface area contributed by atoms with E-state index in [0.29, 0.717) is 37.6 Å². The Morgan fingerprint density at radius 1 is 1.17 bits per heavy atom. The van der Waals surface area contributed by atoms with E-state index in [9.17, 15) is 9.59 Å². The number of anilines is 1. The first-order valence-electron chi connectivity index (χ1n) is 9.76. The van der Waals surface area contributed by atoms with Crippen LogP contribution in [0.15, 0.2) is 53.8 Å². The van der Waals surface area contributed by atoms with Gasteiger partial charge in [0.25, 0.3) is 5.91 Å². The molecule has 1 atom stereocenters. The molecule has 0 aliphatic carbocycles. The van der Waals surface area contributed by atoms with Gasteiger partial charge in [-0.25, -0.2) is 0 Å². The van der Waals surface area contributed by atoms with E-state index in [1.54, 1.807) is 18.3 Å². The summed E-state index contributed by atoms with van der Waals surface area (Å²) in [7, 11) is 0. The van der Waals surface area contributed by atoms with Gasteiger partial charge in [-0.15, -0.1) is 24.0 Å². The molecule has 1 unspecified atom stereocenters. The van der Waals surface area contributed by atoms with Gasteiger partial charge in [0.1, 0.15) is 0 Å². The molecule has 0 saturated carbocycles. The number of nitrogens with zero attached hydrogens (tertiary/aromatic N) is 2. The molecular formula is C21H27IN6O2. The van der Waals surface area contributed by atoms with Crippen LogP contribution < -0.4 is 21.3 Å². The van der Waals surface area contributed by atoms with Crippen LogP contribution in [0.1, 0.15) is 35.2 Å². The normalized spacial score (nSPS) is 15.3. The number of pyridine rings is 1. The lowest BCUT2D eigenvalue weighted by atomic mass is 9.91. The van der Waals surface area contributed by atoms with E-state index in [2.05, 4.69) is 31.2 Å². The highest BCUT2D eigenvalue weighted by molar-refractivity contribution is 14.0. The number of hydrogen-bond acceptors (Lipinski definition) is 4. The van der Waals surface area contributed by atoms with E-state index in [-0.39, 0.29) is 41.7 Å². The summed E-state index contributed by atoms with van der Waals surface area (Å²) < 4.78 is 0. The molecule has 4 N–H and O–H groups in total. The molecule has 1 aliphatic rings. The van der Waals surface area contributed by atoms with Gasteiger partial charge < -0.3 is 21.3 Å². The van der Waals surface area contributed by atoms with Gasteiger partial charge in [-0.3, -0.25) is 19.6 Å². The van der Waals surface area contributed by atoms with Gasteiger partial charge in [-0.05, 0) is 30.7 Å². The van der Waals surface area contributed by atoms with Gasteiger partial charge in [-0.1, -0.05) is 18.2 Å². The number of aromatic nitrogens is 1. The Morgan fingerprint density at radius 2 is 1.97 bits per heavy atom. The van der Waals surface area contributed by atoms with Crippen molar-refractivity contribution < 1.29 is 9.59 Å². The summed E-state index contributed by atoms with van der Waals surface area (Å²) in [6, 6.07) is 11.3. The number of guanidine groups is 1. The van der Waals surface area contributed by atoms with Gasteiger partial charge in [0.2, 0.25) is 5.91 Å². The van der Waals surface area contributed by atoms with Crippen molar-refractivity contribution in [2.24, 2.45) is 4.99 Å². The third kappa shape index (κ3) is 6.68. The molecule has 160 valence electrons. The average Bonchev–Trinajstić information content (AvgIpc) is 2.75. The molecule has 0 saturated heterocycles. The lowest BCUT2D eigenvalue weighted by molar-refractivity contribution is -0.116. The maximum Gasteiger partial charge on any atom is 0.252 e. The van der Waals surface area contributed by atoms with Crippen molar-refractivity contribution in [3.63, 3.8) is 0 Å². The Balaban J connectivity index is 0.00000320. The largest absolute Gasteiger partial charge is 0.357 e. The third-order valence-electron chi connectivity index (χ3n) is 4.55. The first-order chi connectivity index (χ1) is 14.2. The monoisotopic (exact) mass is 522 g/mol. The summed E-state index contributed by atoms with van der Waals surface area (Å²) in [5, 5.41) is 12.2. The van der Waals surface area contributed by atoms with Gasteiger partial charge in [0.15, 0.2) is 5.96 Å². The zero-order valence-electron chi connectivity index (χ0n) is 16.9. The number of benzene rings is 1. The molecule has 1 aromatic carbocycles. The maximum atomic E-state index is 12.0. The number of rotatable bonds is 7. The minimum Gasteiger partial charge on any atom is -0.357 e. The Kier molecular flexibility index (Phi) is 9.52. The quantitative estimate of drug-likeness (QED) is 0.193. The molecule has 1 aromatic heterocycles. The van der Waals surface area contributed by atoms with Gasteiger partial charge >= 0.3 is 0 Å². The van der Waals surface area contributed by atoms with Crippen LogP contribution >= 0.6 is 24.0 Å². The Morgan fingerprint density at radius 3 is 2.73 bits per heavy atom. The standard InChI is InChI=1S/C21H26N6O2.HI/c1-2-23-21(25-11-10-24-20(29)15-6-5-9-22-13-15)26-14-16-12-19(28)27-18-8-4-3-7-17(16)18;/h3-9,13,16H,2,10-12,14H2,1H3,(H,24,29)(H,27,28)(H2,23,25,26);1H. The topological polar surface area (TPSA) is 108 Å². The number of halogens is 1. The Bertz CT molecular complexity index is 875. The first kappa shape index (κ1) is 23.6. The number of fused-ring (bicyclic) bond motifs is 1. The predicted molar refractivity (Wildman–Crippen MR) is 128 cm³/mol. The van der Waals surface area contributed by atoms with Crippen molar-refractivity contribution in [1.29, 1.82) is 0 Å². The zero-order chi connectivity index (χ0) is 20.5. The van der Waals surface area contributed by atoms with Crippen molar-refractivity contribution in [3.05, 3.63) is 59.9 Å². The molecule has 30 heavy (non-hydrogen) atoms. The molecule has 1 aliphatic heterocycles. The van der Waals surface area contributed by atoms with E-state index < -0.39 is 0 Å². The number of amides is 2. The van der Waals surface area contributed by atoms with Crippen LogP contribution in [0.4, 0.5) is 5.69 Å². The lowest BCUT2D eigenvalue weighted by Crippen LogP contribution is -2.41. The summed E-state index contributed by atoms with van der Waals surface area (Å²) in [5.74, 6) is 0.555. The molecule has 0 fully saturated rings. The van der Waals surface area contributed by atoms with Crippen molar-refractivity contribution in [2.75, 3.05) is 31.5 Å². The maximum absolute atomic E-state index is 12.0. The summed E-state index contributed by atoms with van der Waals surface area (Å²) in [4.78, 5) is 32.6. The van der Waals surface area contributed by atoms with E-state index in [1.807, 2.05) is 31.2 Å². The lowest BCUT2D eigenvalue weighted by Gasteiger charge is -2.24. The Labute approximate surface area is 193 Å². The minimum atomic E-state index is -0.160. The first-order valence-corrected chi connectivity index (χ1v) is 9.76. The SMILES string of the molecule is CCNC(=NCC1CC(=O)Nc2ccccc21)NCCNC(=O)c1cccnc1.I. The predicted octanol–water partition coefficient (Wildman–Crippen LogP) is 2.11. The summed E-state index contributed by atoms with van der Waals surface area (Å²) in [6.45, 7) is 4.19. The van der Waals surface area contributed by atoms with Crippen molar-refractivity contribution in [1.82, 2.24) is 20.9 Å². The Hall–Kier alpha value is -2.69. The average molecular weight is 522 g/mol. The highest BCUT2D eigenvalue weighted by atomic mass is 127. The summed E-state index contributed by atoms with van der Waals surface area (Å²) in [5.41, 5.74) is 2.50.